The summed E-state index contributed by atoms with van der Waals surface area (Å²) in [5, 5.41) is 2.84. The van der Waals surface area contributed by atoms with Crippen molar-refractivity contribution in [3.63, 3.8) is 0 Å². The summed E-state index contributed by atoms with van der Waals surface area (Å²) >= 11 is 6.75. The van der Waals surface area contributed by atoms with E-state index >= 15 is 0 Å². The molecular weight excluding hydrogens is 292 g/mol. The topological polar surface area (TPSA) is 41.6 Å². The van der Waals surface area contributed by atoms with E-state index in [0.717, 1.165) is 17.4 Å². The van der Waals surface area contributed by atoms with Gasteiger partial charge in [0.2, 0.25) is 5.91 Å². The molecule has 1 aromatic rings. The Hall–Kier alpha value is -1.27. The van der Waals surface area contributed by atoms with Crippen molar-refractivity contribution in [1.29, 1.82) is 0 Å². The van der Waals surface area contributed by atoms with Crippen molar-refractivity contribution in [2.45, 2.75) is 12.8 Å². The van der Waals surface area contributed by atoms with Gasteiger partial charge in [0, 0.05) is 13.1 Å². The first-order valence-electron chi connectivity index (χ1n) is 6.55. The van der Waals surface area contributed by atoms with E-state index in [1.54, 1.807) is 7.11 Å². The molecule has 0 bridgehead atoms. The second-order valence-electron chi connectivity index (χ2n) is 4.50. The van der Waals surface area contributed by atoms with Crippen molar-refractivity contribution in [3.05, 3.63) is 24.3 Å². The van der Waals surface area contributed by atoms with E-state index < -0.39 is 0 Å². The Bertz CT molecular complexity index is 488. The van der Waals surface area contributed by atoms with Crippen LogP contribution < -0.4 is 10.1 Å². The molecule has 1 heterocycles. The van der Waals surface area contributed by atoms with Gasteiger partial charge in [-0.2, -0.15) is 0 Å². The molecule has 6 heteroatoms. The smallest absolute Gasteiger partial charge is 0.234 e. The number of rotatable bonds is 4. The van der Waals surface area contributed by atoms with Gasteiger partial charge in [-0.05, 0) is 25.0 Å². The van der Waals surface area contributed by atoms with Gasteiger partial charge in [-0.15, -0.1) is 0 Å². The van der Waals surface area contributed by atoms with Crippen LogP contribution in [0.3, 0.4) is 0 Å². The Morgan fingerprint density at radius 1 is 1.40 bits per heavy atom. The molecule has 0 saturated carbocycles. The van der Waals surface area contributed by atoms with E-state index in [1.165, 1.54) is 24.6 Å². The maximum atomic E-state index is 11.9. The van der Waals surface area contributed by atoms with Crippen LogP contribution in [-0.4, -0.2) is 41.1 Å². The first-order valence-corrected chi connectivity index (χ1v) is 7.94. The molecule has 1 fully saturated rings. The molecule has 1 aliphatic rings. The van der Waals surface area contributed by atoms with Crippen molar-refractivity contribution >= 4 is 39.9 Å². The lowest BCUT2D eigenvalue weighted by Gasteiger charge is -2.17. The second-order valence-corrected chi connectivity index (χ2v) is 6.11. The normalized spacial score (nSPS) is 14.2. The molecule has 1 aromatic carbocycles. The molecule has 0 spiro atoms. The molecular formula is C14H18N2O2S2. The Balaban J connectivity index is 1.81. The van der Waals surface area contributed by atoms with Gasteiger partial charge in [-0.1, -0.05) is 36.1 Å². The molecule has 2 rings (SSSR count). The van der Waals surface area contributed by atoms with Crippen LogP contribution in [0, 0.1) is 0 Å². The predicted molar refractivity (Wildman–Crippen MR) is 87.5 cm³/mol. The monoisotopic (exact) mass is 310 g/mol. The highest BCUT2D eigenvalue weighted by molar-refractivity contribution is 8.23. The Labute approximate surface area is 128 Å². The van der Waals surface area contributed by atoms with E-state index in [1.807, 2.05) is 24.3 Å². The van der Waals surface area contributed by atoms with Crippen LogP contribution in [0.4, 0.5) is 5.69 Å². The van der Waals surface area contributed by atoms with Gasteiger partial charge in [0.25, 0.3) is 0 Å². The van der Waals surface area contributed by atoms with Crippen LogP contribution in [-0.2, 0) is 4.79 Å². The SMILES string of the molecule is COc1ccccc1NC(=O)CSC(=S)N1CCCC1. The zero-order valence-electron chi connectivity index (χ0n) is 11.4. The minimum absolute atomic E-state index is 0.0685. The van der Waals surface area contributed by atoms with Crippen molar-refractivity contribution in [2.24, 2.45) is 0 Å². The number of likely N-dealkylation sites (tertiary alicyclic amines) is 1. The lowest BCUT2D eigenvalue weighted by molar-refractivity contribution is -0.113. The van der Waals surface area contributed by atoms with E-state index in [9.17, 15) is 4.79 Å². The van der Waals surface area contributed by atoms with E-state index in [2.05, 4.69) is 10.2 Å². The standard InChI is InChI=1S/C14H18N2O2S2/c1-18-12-7-3-2-6-11(12)15-13(17)10-20-14(19)16-8-4-5-9-16/h2-3,6-7H,4-5,8-10H2,1H3,(H,15,17). The highest BCUT2D eigenvalue weighted by Gasteiger charge is 2.16. The van der Waals surface area contributed by atoms with Crippen LogP contribution in [0.25, 0.3) is 0 Å². The number of methoxy groups -OCH3 is 1. The van der Waals surface area contributed by atoms with E-state index in [0.29, 0.717) is 17.2 Å². The van der Waals surface area contributed by atoms with Gasteiger partial charge in [-0.25, -0.2) is 0 Å². The molecule has 0 atom stereocenters. The second kappa shape index (κ2) is 7.50. The summed E-state index contributed by atoms with van der Waals surface area (Å²) in [6, 6.07) is 7.36. The molecule has 1 saturated heterocycles. The number of carbonyl (C=O) groups excluding carboxylic acids is 1. The first-order chi connectivity index (χ1) is 9.70. The molecule has 1 amide bonds. The van der Waals surface area contributed by atoms with Crippen LogP contribution in [0.5, 0.6) is 5.75 Å². The van der Waals surface area contributed by atoms with Crippen molar-refractivity contribution in [3.8, 4) is 5.75 Å². The summed E-state index contributed by atoms with van der Waals surface area (Å²) in [6.45, 7) is 2.03. The van der Waals surface area contributed by atoms with Crippen LogP contribution >= 0.6 is 24.0 Å². The first kappa shape index (κ1) is 15.1. The van der Waals surface area contributed by atoms with Gasteiger partial charge in [-0.3, -0.25) is 4.79 Å². The number of hydrogen-bond acceptors (Lipinski definition) is 4. The van der Waals surface area contributed by atoms with Gasteiger partial charge in [0.1, 0.15) is 10.1 Å². The molecule has 4 nitrogen and oxygen atoms in total. The van der Waals surface area contributed by atoms with E-state index in [4.69, 9.17) is 17.0 Å². The quantitative estimate of drug-likeness (QED) is 0.866. The summed E-state index contributed by atoms with van der Waals surface area (Å²) in [5.74, 6) is 0.918. The number of nitrogens with one attached hydrogen (secondary N) is 1. The largest absolute Gasteiger partial charge is 0.495 e. The minimum atomic E-state index is -0.0685. The zero-order chi connectivity index (χ0) is 14.4. The maximum absolute atomic E-state index is 11.9. The maximum Gasteiger partial charge on any atom is 0.234 e. The number of para-hydroxylation sites is 2. The lowest BCUT2D eigenvalue weighted by atomic mass is 10.3. The average molecular weight is 310 g/mol. The van der Waals surface area contributed by atoms with Gasteiger partial charge < -0.3 is 15.0 Å². The van der Waals surface area contributed by atoms with Crippen molar-refractivity contribution in [2.75, 3.05) is 31.3 Å². The molecule has 0 radical (unpaired) electrons. The molecule has 1 aliphatic heterocycles. The van der Waals surface area contributed by atoms with Crippen molar-refractivity contribution < 1.29 is 9.53 Å². The number of hydrogen-bond donors (Lipinski definition) is 1. The van der Waals surface area contributed by atoms with Crippen molar-refractivity contribution in [1.82, 2.24) is 4.90 Å². The number of amides is 1. The predicted octanol–water partition coefficient (Wildman–Crippen LogP) is 2.75. The number of anilines is 1. The highest BCUT2D eigenvalue weighted by Crippen LogP contribution is 2.23. The third-order valence-electron chi connectivity index (χ3n) is 3.07. The summed E-state index contributed by atoms with van der Waals surface area (Å²) in [7, 11) is 1.59. The minimum Gasteiger partial charge on any atom is -0.495 e. The molecule has 1 N–H and O–H groups in total. The van der Waals surface area contributed by atoms with Crippen LogP contribution in [0.1, 0.15) is 12.8 Å². The zero-order valence-corrected chi connectivity index (χ0v) is 13.1. The molecule has 0 aromatic heterocycles. The van der Waals surface area contributed by atoms with Crippen LogP contribution in [0.15, 0.2) is 24.3 Å². The number of thioether (sulfide) groups is 1. The van der Waals surface area contributed by atoms with Gasteiger partial charge in [0.15, 0.2) is 0 Å². The van der Waals surface area contributed by atoms with Crippen LogP contribution in [0.2, 0.25) is 0 Å². The molecule has 108 valence electrons. The number of ether oxygens (including phenoxy) is 1. The summed E-state index contributed by atoms with van der Waals surface area (Å²) in [6.07, 6.45) is 2.38. The fourth-order valence-corrected chi connectivity index (χ4v) is 3.10. The number of thiocarbonyl (C=S) groups is 1. The lowest BCUT2D eigenvalue weighted by Crippen LogP contribution is -2.25. The molecule has 0 aliphatic carbocycles. The molecule has 20 heavy (non-hydrogen) atoms. The fourth-order valence-electron chi connectivity index (χ4n) is 2.05. The highest BCUT2D eigenvalue weighted by atomic mass is 32.2. The molecule has 0 unspecified atom stereocenters. The number of nitrogens with zero attached hydrogens (tertiary/aromatic N) is 1. The number of benzene rings is 1. The van der Waals surface area contributed by atoms with Gasteiger partial charge in [0.05, 0.1) is 18.6 Å². The third kappa shape index (κ3) is 4.11. The average Bonchev–Trinajstić information content (AvgIpc) is 2.99. The Morgan fingerprint density at radius 3 is 2.80 bits per heavy atom. The fraction of sp³-hybridized carbons (Fsp3) is 0.429. The summed E-state index contributed by atoms with van der Waals surface area (Å²) < 4.78 is 6.01. The Morgan fingerprint density at radius 2 is 2.10 bits per heavy atom. The van der Waals surface area contributed by atoms with Gasteiger partial charge >= 0.3 is 0 Å². The third-order valence-corrected chi connectivity index (χ3v) is 4.60. The Kier molecular flexibility index (Phi) is 5.67. The summed E-state index contributed by atoms with van der Waals surface area (Å²) in [4.78, 5) is 14.1. The summed E-state index contributed by atoms with van der Waals surface area (Å²) in [5.41, 5.74) is 0.688. The number of carbonyl (C=O) groups is 1. The van der Waals surface area contributed by atoms with E-state index in [-0.39, 0.29) is 5.91 Å².